The fraction of sp³-hybridized carbons (Fsp3) is 0.658. The Hall–Kier alpha value is -0.904. The summed E-state index contributed by atoms with van der Waals surface area (Å²) in [6, 6.07) is 16.8. The van der Waals surface area contributed by atoms with Crippen molar-refractivity contribution in [1.29, 1.82) is 0 Å². The minimum absolute atomic E-state index is 0.144. The SMILES string of the molecule is CCCC[Si](C)(C)[Si](=O)[Si](=O)[Si](=O)[Si](=O)[Si](=O)[Si](=O)[Si](=O)[Si](=O)[Si](=O)[Si](=O)[Si](=O)[Si](=O)[Si](=O)[Si](=O)[Si](=O)[Si](=O)[Si](=O)[Si](=O)[Si](=O)[Si](=O)[Si](=O)[Si](=O)[Si](=O)[Si](=O)O[Si](C)(C)C[Si](C)(C)CO[Si](C)(O[Si](C)(C)CCCc1ccccc1OC)O[Si](C)(C)CCCc1ccccc1OC(C)=O. The Morgan fingerprint density at radius 3 is 1.01 bits per heavy atom. The quantitative estimate of drug-likeness (QED) is 0.0446. The topological polar surface area (TPSA) is 482 Å². The Morgan fingerprint density at radius 2 is 0.687 bits per heavy atom. The van der Waals surface area contributed by atoms with E-state index in [0.717, 1.165) is 35.8 Å². The van der Waals surface area contributed by atoms with Gasteiger partial charge in [-0.2, -0.15) is 0 Å². The van der Waals surface area contributed by atoms with Crippen molar-refractivity contribution in [2.45, 2.75) is 148 Å². The van der Waals surface area contributed by atoms with Crippen molar-refractivity contribution in [2.24, 2.45) is 0 Å². The van der Waals surface area contributed by atoms with Crippen LogP contribution in [0.1, 0.15) is 50.7 Å². The molecule has 2 aromatic rings. The molecule has 1 atom stereocenters. The normalized spacial score (nSPS) is 12.2. The van der Waals surface area contributed by atoms with Gasteiger partial charge in [0.1, 0.15) is 19.1 Å². The highest BCUT2D eigenvalue weighted by Crippen LogP contribution is 2.32. The molecule has 0 aromatic heterocycles. The molecular weight excluding hydrogens is 1790 g/mol. The summed E-state index contributed by atoms with van der Waals surface area (Å²) in [5.41, 5.74) is 2.18. The molecule has 0 aliphatic carbocycles. The molecule has 0 saturated heterocycles. The predicted molar refractivity (Wildman–Crippen MR) is 384 cm³/mol. The van der Waals surface area contributed by atoms with E-state index in [0.29, 0.717) is 43.5 Å². The van der Waals surface area contributed by atoms with E-state index in [4.69, 9.17) is 26.2 Å². The molecule has 61 heteroatoms. The van der Waals surface area contributed by atoms with E-state index in [1.165, 1.54) is 6.92 Å². The van der Waals surface area contributed by atoms with Crippen LogP contribution in [0.15, 0.2) is 48.5 Å². The Bertz CT molecular complexity index is 3920. The highest BCUT2D eigenvalue weighted by molar-refractivity contribution is 7.84. The van der Waals surface area contributed by atoms with Gasteiger partial charge in [0.25, 0.3) is 0 Å². The van der Waals surface area contributed by atoms with Gasteiger partial charge in [0.05, 0.1) is 15.2 Å². The third-order valence-electron chi connectivity index (χ3n) is 14.3. The van der Waals surface area contributed by atoms with Crippen molar-refractivity contribution in [3.8, 4) is 11.5 Å². The average Bonchev–Trinajstić information content (AvgIpc) is 0.826. The molecule has 1 unspecified atom stereocenters. The Labute approximate surface area is 606 Å². The first-order valence-corrected chi connectivity index (χ1v) is 106. The maximum absolute atomic E-state index is 13.6. The molecule has 0 aliphatic heterocycles. The smallest absolute Gasteiger partial charge is 0.532 e. The van der Waals surface area contributed by atoms with Crippen LogP contribution in [0.2, 0.25) is 95.8 Å². The number of para-hydroxylation sites is 2. The summed E-state index contributed by atoms with van der Waals surface area (Å²) >= 11 is 0. The van der Waals surface area contributed by atoms with Gasteiger partial charge in [-0.1, -0.05) is 88.4 Å². The van der Waals surface area contributed by atoms with Crippen LogP contribution in [0, 0.1) is 0 Å². The minimum atomic E-state index is -4.65. The highest BCUT2D eigenvalue weighted by Gasteiger charge is 2.59. The van der Waals surface area contributed by atoms with Gasteiger partial charge in [-0.3, -0.25) is 4.79 Å². The number of hydrogen-bond donors (Lipinski definition) is 0. The summed E-state index contributed by atoms with van der Waals surface area (Å²) in [5.74, 6) is 0.796. The van der Waals surface area contributed by atoms with Crippen molar-refractivity contribution >= 4 is 241 Å². The monoisotopic (exact) mass is 1860 g/mol. The Kier molecular flexibility index (Phi) is 39.4. The van der Waals surface area contributed by atoms with E-state index >= 15 is 0 Å². The lowest BCUT2D eigenvalue weighted by Gasteiger charge is -2.41. The number of esters is 1. The van der Waals surface area contributed by atoms with Gasteiger partial charge in [0, 0.05) is 19.7 Å². The second kappa shape index (κ2) is 41.4. The number of carbonyl (C=O) groups excluding carboxylic acids is 1. The van der Waals surface area contributed by atoms with E-state index < -0.39 is 241 Å². The van der Waals surface area contributed by atoms with E-state index in [-0.39, 0.29) is 11.9 Å². The molecule has 0 radical (unpaired) electrons. The number of methoxy groups -OCH3 is 1. The van der Waals surface area contributed by atoms with Crippen LogP contribution in [-0.4, -0.2) is 255 Å². The highest BCUT2D eigenvalue weighted by atomic mass is 30.1. The summed E-state index contributed by atoms with van der Waals surface area (Å²) in [7, 11) is -120. The number of rotatable bonds is 48. The molecular formula is C38H72O31Si30. The third kappa shape index (κ3) is 29.0. The van der Waals surface area contributed by atoms with E-state index in [9.17, 15) is 112 Å². The van der Waals surface area contributed by atoms with Gasteiger partial charge in [-0.05, 0) is 106 Å². The molecule has 0 saturated carbocycles. The molecule has 0 bridgehead atoms. The average molecular weight is 1870 g/mol. The molecule has 0 fully saturated rings. The van der Waals surface area contributed by atoms with Gasteiger partial charge in [0.15, 0.2) is 16.6 Å². The molecule has 0 heterocycles. The maximum atomic E-state index is 13.6. The molecule has 0 spiro atoms. The van der Waals surface area contributed by atoms with Gasteiger partial charge in [0.2, 0.25) is 8.32 Å². The summed E-state index contributed by atoms with van der Waals surface area (Å²) in [6.07, 6.45) is 4.17. The van der Waals surface area contributed by atoms with Crippen molar-refractivity contribution in [3.05, 3.63) is 59.7 Å². The first kappa shape index (κ1) is 94.2. The fourth-order valence-corrected chi connectivity index (χ4v) is 324. The number of hydrogen-bond acceptors (Lipinski definition) is 31. The van der Waals surface area contributed by atoms with Crippen LogP contribution >= 0.6 is 0 Å². The summed E-state index contributed by atoms with van der Waals surface area (Å²) < 4.78 is 352. The number of carbonyl (C=O) groups is 1. The van der Waals surface area contributed by atoms with Crippen LogP contribution in [-0.2, 0) is 141 Å². The van der Waals surface area contributed by atoms with Gasteiger partial charge >= 0.3 is 201 Å². The van der Waals surface area contributed by atoms with E-state index in [1.807, 2.05) is 63.0 Å². The van der Waals surface area contributed by atoms with Crippen LogP contribution < -0.4 is 9.47 Å². The third-order valence-corrected chi connectivity index (χ3v) is 230. The zero-order chi connectivity index (χ0) is 76.4. The van der Waals surface area contributed by atoms with E-state index in [2.05, 4.69) is 26.2 Å². The summed E-state index contributed by atoms with van der Waals surface area (Å²) in [6.45, 7) is 23.6. The number of unbranched alkanes of at least 4 members (excludes halogenated alkanes) is 1. The number of aryl methyl sites for hydroxylation is 2. The number of benzene rings is 2. The van der Waals surface area contributed by atoms with Gasteiger partial charge in [-0.25, -0.2) is 0 Å². The van der Waals surface area contributed by atoms with Crippen molar-refractivity contribution in [1.82, 2.24) is 0 Å². The van der Waals surface area contributed by atoms with Crippen LogP contribution in [0.25, 0.3) is 0 Å². The number of ether oxygens (including phenoxy) is 2. The second-order valence-corrected chi connectivity index (χ2v) is 170. The molecule has 0 amide bonds. The lowest BCUT2D eigenvalue weighted by Crippen LogP contribution is -2.58. The molecule has 0 N–H and O–H groups in total. The molecule has 2 rings (SSSR count). The van der Waals surface area contributed by atoms with Crippen molar-refractivity contribution in [3.63, 3.8) is 0 Å². The lowest BCUT2D eigenvalue weighted by atomic mass is 10.1. The molecule has 99 heavy (non-hydrogen) atoms. The van der Waals surface area contributed by atoms with Crippen LogP contribution in [0.4, 0.5) is 0 Å². The zero-order valence-corrected chi connectivity index (χ0v) is 86.6. The molecule has 31 nitrogen and oxygen atoms in total. The molecule has 2 aromatic carbocycles. The maximum Gasteiger partial charge on any atom is 0.532 e. The molecule has 0 aliphatic rings. The van der Waals surface area contributed by atoms with Crippen LogP contribution in [0.3, 0.4) is 0 Å². The van der Waals surface area contributed by atoms with Gasteiger partial charge < -0.3 is 133 Å². The lowest BCUT2D eigenvalue weighted by molar-refractivity contribution is -0.131. The van der Waals surface area contributed by atoms with E-state index in [1.54, 1.807) is 45.4 Å². The summed E-state index contributed by atoms with van der Waals surface area (Å²) in [4.78, 5) is 11.8. The largest absolute Gasteiger partial charge is 0.578 e. The van der Waals surface area contributed by atoms with Crippen molar-refractivity contribution < 1.29 is 138 Å². The fourth-order valence-electron chi connectivity index (χ4n) is 9.63. The predicted octanol–water partition coefficient (Wildman–Crippen LogP) is -0.762. The van der Waals surface area contributed by atoms with Crippen molar-refractivity contribution in [2.75, 3.05) is 13.3 Å². The molecule has 530 valence electrons. The first-order valence-electron chi connectivity index (χ1n) is 30.0. The Balaban J connectivity index is 2.18. The van der Waals surface area contributed by atoms with Gasteiger partial charge in [-0.15, -0.1) is 0 Å². The minimum Gasteiger partial charge on any atom is -0.578 e. The Morgan fingerprint density at radius 1 is 0.384 bits per heavy atom. The van der Waals surface area contributed by atoms with Crippen LogP contribution in [0.5, 0.6) is 11.5 Å². The second-order valence-electron chi connectivity index (χ2n) is 25.6. The zero-order valence-electron chi connectivity index (χ0n) is 56.6. The standard InChI is InChI=1S/C38H72O31Si30/c1-15-16-31-98(12,13)93(63)92(62)91(61)90(60)89(59)88(58)87(57)86(56)85(55)84(54)83(53)82(52)81(51)80(50)79(49)78(48)77(47)76(46)75(45)74(44)73(43)72(42)71(41)70(40)67-97(10,11)33-94(4,5)32-65-99(14,68-95(6,7)29-21-25-35-23-17-19-27-37(35)64-3)69-96(8,9)30-22-26-36-24-18-20-28-38(36)66-34(2)39/h17-20,23-24,27-28H,15-16,21-22,25-26,29-33H2,1-14H3. The summed E-state index contributed by atoms with van der Waals surface area (Å²) in [5, 5.41) is 0. The first-order chi connectivity index (χ1) is 45.4.